The quantitative estimate of drug-likeness (QED) is 0.318. The van der Waals surface area contributed by atoms with Crippen molar-refractivity contribution in [1.29, 1.82) is 0 Å². The number of rotatable bonds is 9. The summed E-state index contributed by atoms with van der Waals surface area (Å²) in [6.45, 7) is 1.41. The van der Waals surface area contributed by atoms with Crippen LogP contribution in [0.15, 0.2) is 59.8 Å². The second-order valence-electron chi connectivity index (χ2n) is 6.41. The number of aromatic nitrogens is 3. The molecule has 9 heteroatoms. The molecule has 0 spiro atoms. The predicted molar refractivity (Wildman–Crippen MR) is 114 cm³/mol. The van der Waals surface area contributed by atoms with Gasteiger partial charge in [0.25, 0.3) is 0 Å². The van der Waals surface area contributed by atoms with E-state index >= 15 is 0 Å². The van der Waals surface area contributed by atoms with Gasteiger partial charge in [-0.25, -0.2) is 9.07 Å². The number of para-hydroxylation sites is 1. The summed E-state index contributed by atoms with van der Waals surface area (Å²) in [7, 11) is 2.02. The molecule has 0 fully saturated rings. The van der Waals surface area contributed by atoms with E-state index in [1.165, 1.54) is 10.7 Å². The van der Waals surface area contributed by atoms with Crippen LogP contribution in [0.2, 0.25) is 0 Å². The van der Waals surface area contributed by atoms with Gasteiger partial charge in [-0.15, -0.1) is 10.2 Å². The molecule has 0 unspecified atom stereocenters. The van der Waals surface area contributed by atoms with Gasteiger partial charge in [0.2, 0.25) is 11.1 Å². The summed E-state index contributed by atoms with van der Waals surface area (Å²) in [5.41, 5.74) is 1.41. The first kappa shape index (κ1) is 20.7. The van der Waals surface area contributed by atoms with Gasteiger partial charge in [0, 0.05) is 25.8 Å². The fourth-order valence-corrected chi connectivity index (χ4v) is 3.42. The Hall–Kier alpha value is -3.07. The number of hydrogen-bond acceptors (Lipinski definition) is 6. The van der Waals surface area contributed by atoms with Gasteiger partial charge in [-0.05, 0) is 30.7 Å². The smallest absolute Gasteiger partial charge is 0.230 e. The molecule has 0 saturated heterocycles. The maximum Gasteiger partial charge on any atom is 0.230 e. The van der Waals surface area contributed by atoms with Gasteiger partial charge in [0.15, 0.2) is 5.82 Å². The summed E-state index contributed by atoms with van der Waals surface area (Å²) < 4.78 is 15.1. The first-order valence-electron chi connectivity index (χ1n) is 9.17. The molecule has 0 aliphatic rings. The van der Waals surface area contributed by atoms with E-state index in [4.69, 9.17) is 5.84 Å². The molecule has 3 aromatic rings. The van der Waals surface area contributed by atoms with Crippen LogP contribution in [0.25, 0.3) is 11.4 Å². The van der Waals surface area contributed by atoms with Gasteiger partial charge in [0.1, 0.15) is 5.82 Å². The molecule has 1 amide bonds. The SMILES string of the molecule is CN(CCCNC(=O)CSc1nnc(-c2ccccc2F)n1N)c1ccccc1. The van der Waals surface area contributed by atoms with Crippen LogP contribution in [0.4, 0.5) is 10.1 Å². The number of halogens is 1. The zero-order valence-electron chi connectivity index (χ0n) is 16.1. The summed E-state index contributed by atoms with van der Waals surface area (Å²) in [5, 5.41) is 11.1. The van der Waals surface area contributed by atoms with Crippen molar-refractivity contribution in [3.63, 3.8) is 0 Å². The van der Waals surface area contributed by atoms with Crippen molar-refractivity contribution in [3.05, 3.63) is 60.4 Å². The fourth-order valence-electron chi connectivity index (χ4n) is 2.74. The third kappa shape index (κ3) is 5.47. The monoisotopic (exact) mass is 414 g/mol. The molecule has 0 aliphatic carbocycles. The first-order valence-corrected chi connectivity index (χ1v) is 10.2. The molecular weight excluding hydrogens is 391 g/mol. The lowest BCUT2D eigenvalue weighted by atomic mass is 10.2. The number of thioether (sulfide) groups is 1. The van der Waals surface area contributed by atoms with E-state index in [1.807, 2.05) is 37.4 Å². The Kier molecular flexibility index (Phi) is 7.07. The molecule has 0 radical (unpaired) electrons. The number of amides is 1. The Labute approximate surface area is 173 Å². The van der Waals surface area contributed by atoms with Gasteiger partial charge >= 0.3 is 0 Å². The lowest BCUT2D eigenvalue weighted by Crippen LogP contribution is -2.29. The van der Waals surface area contributed by atoms with Crippen molar-refractivity contribution >= 4 is 23.4 Å². The molecule has 0 atom stereocenters. The molecule has 1 aromatic heterocycles. The molecule has 152 valence electrons. The van der Waals surface area contributed by atoms with E-state index in [2.05, 4.69) is 20.4 Å². The lowest BCUT2D eigenvalue weighted by molar-refractivity contribution is -0.118. The molecule has 0 bridgehead atoms. The number of nitrogens with two attached hydrogens (primary N) is 1. The highest BCUT2D eigenvalue weighted by molar-refractivity contribution is 7.99. The van der Waals surface area contributed by atoms with E-state index in [-0.39, 0.29) is 23.0 Å². The highest BCUT2D eigenvalue weighted by Crippen LogP contribution is 2.23. The van der Waals surface area contributed by atoms with Crippen LogP contribution in [0.5, 0.6) is 0 Å². The van der Waals surface area contributed by atoms with E-state index < -0.39 is 5.82 Å². The zero-order valence-corrected chi connectivity index (χ0v) is 16.9. The molecular formula is C20H23FN6OS. The van der Waals surface area contributed by atoms with Crippen molar-refractivity contribution in [2.45, 2.75) is 11.6 Å². The maximum absolute atomic E-state index is 13.9. The van der Waals surface area contributed by atoms with Crippen LogP contribution in [0.3, 0.4) is 0 Å². The molecule has 7 nitrogen and oxygen atoms in total. The van der Waals surface area contributed by atoms with E-state index in [0.29, 0.717) is 11.7 Å². The number of benzene rings is 2. The Bertz CT molecular complexity index is 949. The molecule has 1 heterocycles. The number of nitrogens with zero attached hydrogens (tertiary/aromatic N) is 4. The van der Waals surface area contributed by atoms with Crippen molar-refractivity contribution in [3.8, 4) is 11.4 Å². The predicted octanol–water partition coefficient (Wildman–Crippen LogP) is 2.53. The van der Waals surface area contributed by atoms with Gasteiger partial charge in [-0.1, -0.05) is 42.1 Å². The fraction of sp³-hybridized carbons (Fsp3) is 0.250. The Morgan fingerprint density at radius 3 is 2.66 bits per heavy atom. The van der Waals surface area contributed by atoms with Crippen molar-refractivity contribution in [1.82, 2.24) is 20.2 Å². The number of nitrogen functional groups attached to an aromatic ring is 1. The number of hydrogen-bond donors (Lipinski definition) is 2. The van der Waals surface area contributed by atoms with Crippen LogP contribution in [-0.2, 0) is 4.79 Å². The molecule has 0 saturated carbocycles. The molecule has 29 heavy (non-hydrogen) atoms. The van der Waals surface area contributed by atoms with Crippen LogP contribution in [-0.4, -0.2) is 46.7 Å². The van der Waals surface area contributed by atoms with Crippen molar-refractivity contribution in [2.24, 2.45) is 0 Å². The van der Waals surface area contributed by atoms with Crippen LogP contribution in [0.1, 0.15) is 6.42 Å². The minimum atomic E-state index is -0.429. The Morgan fingerprint density at radius 1 is 1.17 bits per heavy atom. The number of carbonyl (C=O) groups excluding carboxylic acids is 1. The van der Waals surface area contributed by atoms with Gasteiger partial charge in [-0.2, -0.15) is 0 Å². The van der Waals surface area contributed by atoms with E-state index in [9.17, 15) is 9.18 Å². The summed E-state index contributed by atoms with van der Waals surface area (Å²) >= 11 is 1.16. The van der Waals surface area contributed by atoms with Crippen molar-refractivity contribution < 1.29 is 9.18 Å². The third-order valence-corrected chi connectivity index (χ3v) is 5.24. The van der Waals surface area contributed by atoms with Crippen LogP contribution in [0, 0.1) is 5.82 Å². The third-order valence-electron chi connectivity index (χ3n) is 4.30. The summed E-state index contributed by atoms with van der Waals surface area (Å²) in [4.78, 5) is 14.2. The normalized spacial score (nSPS) is 10.7. The number of anilines is 1. The maximum atomic E-state index is 13.9. The topological polar surface area (TPSA) is 89.1 Å². The molecule has 3 rings (SSSR count). The van der Waals surface area contributed by atoms with Gasteiger partial charge < -0.3 is 16.1 Å². The Morgan fingerprint density at radius 2 is 1.90 bits per heavy atom. The van der Waals surface area contributed by atoms with Gasteiger partial charge in [0.05, 0.1) is 11.3 Å². The molecule has 2 aromatic carbocycles. The second-order valence-corrected chi connectivity index (χ2v) is 7.35. The average molecular weight is 415 g/mol. The second kappa shape index (κ2) is 9.92. The minimum Gasteiger partial charge on any atom is -0.375 e. The Balaban J connectivity index is 1.43. The highest BCUT2D eigenvalue weighted by atomic mass is 32.2. The van der Waals surface area contributed by atoms with E-state index in [1.54, 1.807) is 18.2 Å². The molecule has 3 N–H and O–H groups in total. The average Bonchev–Trinajstić information content (AvgIpc) is 3.10. The van der Waals surface area contributed by atoms with Crippen LogP contribution >= 0.6 is 11.8 Å². The van der Waals surface area contributed by atoms with Crippen molar-refractivity contribution in [2.75, 3.05) is 36.6 Å². The summed E-state index contributed by atoms with van der Waals surface area (Å²) in [6, 6.07) is 16.3. The number of nitrogens with one attached hydrogen (secondary N) is 1. The molecule has 0 aliphatic heterocycles. The minimum absolute atomic E-state index is 0.118. The number of carbonyl (C=O) groups is 1. The van der Waals surface area contributed by atoms with Crippen LogP contribution < -0.4 is 16.1 Å². The summed E-state index contributed by atoms with van der Waals surface area (Å²) in [6.07, 6.45) is 0.826. The summed E-state index contributed by atoms with van der Waals surface area (Å²) in [5.74, 6) is 5.79. The first-order chi connectivity index (χ1) is 14.1. The largest absolute Gasteiger partial charge is 0.375 e. The van der Waals surface area contributed by atoms with E-state index in [0.717, 1.165) is 30.4 Å². The zero-order chi connectivity index (χ0) is 20.6. The van der Waals surface area contributed by atoms with Gasteiger partial charge in [-0.3, -0.25) is 4.79 Å². The standard InChI is InChI=1S/C20H23FN6OS/c1-26(15-8-3-2-4-9-15)13-7-12-23-18(28)14-29-20-25-24-19(27(20)22)16-10-5-6-11-17(16)21/h2-6,8-11H,7,12-14,22H2,1H3,(H,23,28). The lowest BCUT2D eigenvalue weighted by Gasteiger charge is -2.19. The highest BCUT2D eigenvalue weighted by Gasteiger charge is 2.16.